The van der Waals surface area contributed by atoms with Gasteiger partial charge in [-0.25, -0.2) is 14.8 Å². The molecule has 0 bridgehead atoms. The summed E-state index contributed by atoms with van der Waals surface area (Å²) in [7, 11) is 1.33. The molecule has 1 heterocycles. The van der Waals surface area contributed by atoms with E-state index >= 15 is 0 Å². The van der Waals surface area contributed by atoms with Gasteiger partial charge in [-0.05, 0) is 41.8 Å². The Hall–Kier alpha value is -3.74. The molecule has 148 valence electrons. The van der Waals surface area contributed by atoms with Crippen LogP contribution in [0.15, 0.2) is 60.9 Å². The molecule has 0 saturated heterocycles. The maximum Gasteiger partial charge on any atom is 0.337 e. The normalized spacial score (nSPS) is 10.5. The summed E-state index contributed by atoms with van der Waals surface area (Å²) >= 11 is 0. The van der Waals surface area contributed by atoms with Crippen LogP contribution in [0.5, 0.6) is 0 Å². The molecule has 2 aromatic carbocycles. The van der Waals surface area contributed by atoms with Gasteiger partial charge in [-0.3, -0.25) is 4.79 Å². The number of ether oxygens (including phenoxy) is 1. The Kier molecular flexibility index (Phi) is 6.19. The predicted molar refractivity (Wildman–Crippen MR) is 112 cm³/mol. The fourth-order valence-electron chi connectivity index (χ4n) is 2.65. The Morgan fingerprint density at radius 3 is 2.34 bits per heavy atom. The molecule has 1 aromatic heterocycles. The van der Waals surface area contributed by atoms with E-state index in [1.54, 1.807) is 24.3 Å². The highest BCUT2D eigenvalue weighted by Crippen LogP contribution is 2.18. The average Bonchev–Trinajstić information content (AvgIpc) is 2.74. The topological polar surface area (TPSA) is 93.2 Å². The van der Waals surface area contributed by atoms with Crippen LogP contribution in [-0.4, -0.2) is 29.0 Å². The highest BCUT2D eigenvalue weighted by atomic mass is 16.5. The van der Waals surface area contributed by atoms with Crippen LogP contribution in [0.3, 0.4) is 0 Å². The minimum absolute atomic E-state index is 0.201. The Bertz CT molecular complexity index is 999. The van der Waals surface area contributed by atoms with Crippen molar-refractivity contribution in [1.82, 2.24) is 9.97 Å². The lowest BCUT2D eigenvalue weighted by Gasteiger charge is -2.09. The molecule has 2 N–H and O–H groups in total. The first-order valence-electron chi connectivity index (χ1n) is 9.15. The van der Waals surface area contributed by atoms with Gasteiger partial charge in [0, 0.05) is 11.4 Å². The van der Waals surface area contributed by atoms with Crippen LogP contribution in [0.2, 0.25) is 0 Å². The molecule has 0 fully saturated rings. The first kappa shape index (κ1) is 20.0. The van der Waals surface area contributed by atoms with E-state index in [1.165, 1.54) is 25.1 Å². The van der Waals surface area contributed by atoms with Crippen LogP contribution in [0.4, 0.5) is 17.2 Å². The Morgan fingerprint density at radius 1 is 0.966 bits per heavy atom. The minimum atomic E-state index is -0.423. The van der Waals surface area contributed by atoms with Crippen molar-refractivity contribution in [3.8, 4) is 0 Å². The van der Waals surface area contributed by atoms with Gasteiger partial charge in [0.15, 0.2) is 0 Å². The highest BCUT2D eigenvalue weighted by Gasteiger charge is 2.10. The zero-order chi connectivity index (χ0) is 20.8. The third kappa shape index (κ3) is 5.16. The minimum Gasteiger partial charge on any atom is -0.465 e. The smallest absolute Gasteiger partial charge is 0.337 e. The van der Waals surface area contributed by atoms with Gasteiger partial charge in [0.25, 0.3) is 5.91 Å². The summed E-state index contributed by atoms with van der Waals surface area (Å²) in [6.45, 7) is 4.23. The maximum atomic E-state index is 12.4. The third-order valence-electron chi connectivity index (χ3n) is 4.28. The standard InChI is InChI=1S/C22H22N4O3/c1-14(2)15-7-9-17(10-8-15)26-21(27)19-12-24-20(13-23-19)25-18-6-4-5-16(11-18)22(28)29-3/h4-14H,1-3H3,(H,24,25)(H,26,27). The number of rotatable bonds is 6. The summed E-state index contributed by atoms with van der Waals surface area (Å²) < 4.78 is 4.71. The van der Waals surface area contributed by atoms with E-state index in [-0.39, 0.29) is 11.6 Å². The Balaban J connectivity index is 1.65. The average molecular weight is 390 g/mol. The van der Waals surface area contributed by atoms with E-state index in [9.17, 15) is 9.59 Å². The Morgan fingerprint density at radius 2 is 1.72 bits per heavy atom. The molecule has 3 aromatic rings. The second-order valence-electron chi connectivity index (χ2n) is 6.72. The van der Waals surface area contributed by atoms with Crippen LogP contribution in [0, 0.1) is 0 Å². The number of nitrogens with zero attached hydrogens (tertiary/aromatic N) is 2. The number of carbonyl (C=O) groups excluding carboxylic acids is 2. The number of hydrogen-bond acceptors (Lipinski definition) is 6. The number of carbonyl (C=O) groups is 2. The van der Waals surface area contributed by atoms with E-state index in [2.05, 4.69) is 34.4 Å². The third-order valence-corrected chi connectivity index (χ3v) is 4.28. The fourth-order valence-corrected chi connectivity index (χ4v) is 2.65. The second kappa shape index (κ2) is 8.97. The van der Waals surface area contributed by atoms with Gasteiger partial charge in [0.05, 0.1) is 25.1 Å². The van der Waals surface area contributed by atoms with Crippen molar-refractivity contribution in [1.29, 1.82) is 0 Å². The van der Waals surface area contributed by atoms with Crippen molar-refractivity contribution in [3.63, 3.8) is 0 Å². The number of aromatic nitrogens is 2. The summed E-state index contributed by atoms with van der Waals surface area (Å²) in [4.78, 5) is 32.4. The van der Waals surface area contributed by atoms with E-state index in [0.717, 1.165) is 0 Å². The van der Waals surface area contributed by atoms with Gasteiger partial charge in [0.1, 0.15) is 11.5 Å². The zero-order valence-electron chi connectivity index (χ0n) is 16.5. The summed E-state index contributed by atoms with van der Waals surface area (Å²) in [5.74, 6) is 0.117. The fraction of sp³-hybridized carbons (Fsp3) is 0.182. The predicted octanol–water partition coefficient (Wildman–Crippen LogP) is 4.38. The molecule has 0 aliphatic carbocycles. The number of esters is 1. The summed E-state index contributed by atoms with van der Waals surface area (Å²) in [5, 5.41) is 5.85. The van der Waals surface area contributed by atoms with Crippen molar-refractivity contribution < 1.29 is 14.3 Å². The molecule has 3 rings (SSSR count). The van der Waals surface area contributed by atoms with Crippen LogP contribution in [0.25, 0.3) is 0 Å². The molecule has 29 heavy (non-hydrogen) atoms. The van der Waals surface area contributed by atoms with E-state index in [0.29, 0.717) is 28.7 Å². The number of amides is 1. The number of benzene rings is 2. The van der Waals surface area contributed by atoms with Crippen molar-refractivity contribution in [3.05, 3.63) is 77.7 Å². The van der Waals surface area contributed by atoms with E-state index in [4.69, 9.17) is 4.74 Å². The van der Waals surface area contributed by atoms with Gasteiger partial charge in [-0.1, -0.05) is 32.0 Å². The van der Waals surface area contributed by atoms with E-state index in [1.807, 2.05) is 24.3 Å². The lowest BCUT2D eigenvalue weighted by Crippen LogP contribution is -2.14. The molecule has 0 atom stereocenters. The Labute approximate surface area is 169 Å². The maximum absolute atomic E-state index is 12.4. The van der Waals surface area contributed by atoms with Gasteiger partial charge < -0.3 is 15.4 Å². The van der Waals surface area contributed by atoms with Gasteiger partial charge in [-0.2, -0.15) is 0 Å². The molecular weight excluding hydrogens is 368 g/mol. The zero-order valence-corrected chi connectivity index (χ0v) is 16.5. The number of anilines is 3. The van der Waals surface area contributed by atoms with Crippen LogP contribution < -0.4 is 10.6 Å². The molecule has 7 heteroatoms. The first-order valence-corrected chi connectivity index (χ1v) is 9.15. The van der Waals surface area contributed by atoms with Crippen LogP contribution >= 0.6 is 0 Å². The summed E-state index contributed by atoms with van der Waals surface area (Å²) in [6.07, 6.45) is 2.85. The summed E-state index contributed by atoms with van der Waals surface area (Å²) in [6, 6.07) is 14.5. The molecule has 7 nitrogen and oxygen atoms in total. The molecule has 0 radical (unpaired) electrons. The van der Waals surface area contributed by atoms with E-state index < -0.39 is 5.97 Å². The first-order chi connectivity index (χ1) is 14.0. The molecule has 0 spiro atoms. The van der Waals surface area contributed by atoms with Crippen molar-refractivity contribution in [2.75, 3.05) is 17.7 Å². The highest BCUT2D eigenvalue weighted by molar-refractivity contribution is 6.02. The van der Waals surface area contributed by atoms with Gasteiger partial charge in [0.2, 0.25) is 0 Å². The second-order valence-corrected chi connectivity index (χ2v) is 6.72. The summed E-state index contributed by atoms with van der Waals surface area (Å²) in [5.41, 5.74) is 3.18. The van der Waals surface area contributed by atoms with Crippen molar-refractivity contribution in [2.24, 2.45) is 0 Å². The largest absolute Gasteiger partial charge is 0.465 e. The SMILES string of the molecule is COC(=O)c1cccc(Nc2cnc(C(=O)Nc3ccc(C(C)C)cc3)cn2)c1. The van der Waals surface area contributed by atoms with Gasteiger partial charge in [-0.15, -0.1) is 0 Å². The number of nitrogens with one attached hydrogen (secondary N) is 2. The molecule has 1 amide bonds. The molecule has 0 saturated carbocycles. The van der Waals surface area contributed by atoms with Crippen LogP contribution in [0.1, 0.15) is 46.2 Å². The van der Waals surface area contributed by atoms with Crippen molar-refractivity contribution >= 4 is 29.1 Å². The van der Waals surface area contributed by atoms with Crippen molar-refractivity contribution in [2.45, 2.75) is 19.8 Å². The lowest BCUT2D eigenvalue weighted by atomic mass is 10.0. The van der Waals surface area contributed by atoms with Gasteiger partial charge >= 0.3 is 5.97 Å². The lowest BCUT2D eigenvalue weighted by molar-refractivity contribution is 0.0600. The quantitative estimate of drug-likeness (QED) is 0.607. The monoisotopic (exact) mass is 390 g/mol. The number of hydrogen-bond donors (Lipinski definition) is 2. The molecule has 0 aliphatic heterocycles. The molecular formula is C22H22N4O3. The molecule has 0 unspecified atom stereocenters. The number of methoxy groups -OCH3 is 1. The molecule has 0 aliphatic rings. The van der Waals surface area contributed by atoms with Crippen LogP contribution in [-0.2, 0) is 4.74 Å².